The summed E-state index contributed by atoms with van der Waals surface area (Å²) in [6.45, 7) is 3.65. The van der Waals surface area contributed by atoms with Gasteiger partial charge in [-0.15, -0.1) is 11.3 Å². The Labute approximate surface area is 126 Å². The van der Waals surface area contributed by atoms with Crippen molar-refractivity contribution in [3.05, 3.63) is 17.0 Å². The van der Waals surface area contributed by atoms with E-state index in [1.54, 1.807) is 6.07 Å². The molecule has 114 valence electrons. The SMILES string of the molecule is CCNCc1csc(S(=O)(=O)NC2CCCCCC2)c1. The summed E-state index contributed by atoms with van der Waals surface area (Å²) in [6.07, 6.45) is 6.64. The zero-order chi connectivity index (χ0) is 14.4. The van der Waals surface area contributed by atoms with Crippen molar-refractivity contribution in [2.24, 2.45) is 0 Å². The van der Waals surface area contributed by atoms with Crippen LogP contribution in [-0.4, -0.2) is 21.0 Å². The van der Waals surface area contributed by atoms with E-state index in [9.17, 15) is 8.42 Å². The molecule has 0 radical (unpaired) electrons. The van der Waals surface area contributed by atoms with E-state index in [1.807, 2.05) is 12.3 Å². The average Bonchev–Trinajstić information content (AvgIpc) is 2.76. The number of thiophene rings is 1. The minimum Gasteiger partial charge on any atom is -0.313 e. The lowest BCUT2D eigenvalue weighted by atomic mass is 10.1. The molecule has 2 N–H and O–H groups in total. The van der Waals surface area contributed by atoms with Gasteiger partial charge in [-0.1, -0.05) is 32.6 Å². The molecule has 1 aromatic heterocycles. The highest BCUT2D eigenvalue weighted by atomic mass is 32.2. The lowest BCUT2D eigenvalue weighted by molar-refractivity contribution is 0.511. The number of rotatable bonds is 6. The van der Waals surface area contributed by atoms with Gasteiger partial charge in [-0.3, -0.25) is 0 Å². The molecule has 1 saturated carbocycles. The van der Waals surface area contributed by atoms with Crippen molar-refractivity contribution in [2.75, 3.05) is 6.54 Å². The Balaban J connectivity index is 1.99. The average molecular weight is 316 g/mol. The minimum atomic E-state index is -3.34. The van der Waals surface area contributed by atoms with Crippen molar-refractivity contribution in [2.45, 2.75) is 62.2 Å². The summed E-state index contributed by atoms with van der Waals surface area (Å²) in [5, 5.41) is 5.13. The highest BCUT2D eigenvalue weighted by Crippen LogP contribution is 2.23. The van der Waals surface area contributed by atoms with Crippen LogP contribution in [0.1, 0.15) is 51.0 Å². The lowest BCUT2D eigenvalue weighted by Crippen LogP contribution is -2.34. The minimum absolute atomic E-state index is 0.113. The molecule has 1 aliphatic carbocycles. The molecule has 0 amide bonds. The molecule has 20 heavy (non-hydrogen) atoms. The van der Waals surface area contributed by atoms with Gasteiger partial charge >= 0.3 is 0 Å². The first-order valence-corrected chi connectivity index (χ1v) is 9.78. The Morgan fingerprint density at radius 2 is 1.95 bits per heavy atom. The predicted molar refractivity (Wildman–Crippen MR) is 83.5 cm³/mol. The van der Waals surface area contributed by atoms with Crippen LogP contribution in [-0.2, 0) is 16.6 Å². The lowest BCUT2D eigenvalue weighted by Gasteiger charge is -2.15. The third kappa shape index (κ3) is 4.55. The third-order valence-electron chi connectivity index (χ3n) is 3.65. The van der Waals surface area contributed by atoms with Crippen LogP contribution in [0.3, 0.4) is 0 Å². The molecule has 0 aromatic carbocycles. The van der Waals surface area contributed by atoms with Crippen LogP contribution in [0.15, 0.2) is 15.7 Å². The van der Waals surface area contributed by atoms with Gasteiger partial charge in [-0.05, 0) is 36.4 Å². The summed E-state index contributed by atoms with van der Waals surface area (Å²) in [4.78, 5) is 0. The Morgan fingerprint density at radius 1 is 1.25 bits per heavy atom. The van der Waals surface area contributed by atoms with Crippen LogP contribution < -0.4 is 10.0 Å². The van der Waals surface area contributed by atoms with Gasteiger partial charge in [0.1, 0.15) is 4.21 Å². The van der Waals surface area contributed by atoms with Crippen molar-refractivity contribution < 1.29 is 8.42 Å². The van der Waals surface area contributed by atoms with Gasteiger partial charge < -0.3 is 5.32 Å². The van der Waals surface area contributed by atoms with Crippen LogP contribution in [0, 0.1) is 0 Å². The van der Waals surface area contributed by atoms with Crippen LogP contribution in [0.4, 0.5) is 0 Å². The van der Waals surface area contributed by atoms with Crippen molar-refractivity contribution in [3.8, 4) is 0 Å². The summed E-state index contributed by atoms with van der Waals surface area (Å²) in [5.41, 5.74) is 1.04. The first kappa shape index (κ1) is 15.9. The summed E-state index contributed by atoms with van der Waals surface area (Å²) in [5.74, 6) is 0. The number of hydrogen-bond acceptors (Lipinski definition) is 4. The monoisotopic (exact) mass is 316 g/mol. The quantitative estimate of drug-likeness (QED) is 0.793. The molecule has 0 bridgehead atoms. The van der Waals surface area contributed by atoms with Crippen LogP contribution >= 0.6 is 11.3 Å². The largest absolute Gasteiger partial charge is 0.313 e. The molecule has 2 rings (SSSR count). The molecule has 1 aliphatic rings. The molecule has 0 spiro atoms. The first-order chi connectivity index (χ1) is 9.62. The number of sulfonamides is 1. The first-order valence-electron chi connectivity index (χ1n) is 7.42. The van der Waals surface area contributed by atoms with E-state index >= 15 is 0 Å². The Bertz CT molecular complexity index is 503. The fraction of sp³-hybridized carbons (Fsp3) is 0.714. The van der Waals surface area contributed by atoms with Gasteiger partial charge in [-0.2, -0.15) is 0 Å². The zero-order valence-corrected chi connectivity index (χ0v) is 13.7. The summed E-state index contributed by atoms with van der Waals surface area (Å²) in [7, 11) is -3.34. The van der Waals surface area contributed by atoms with Gasteiger partial charge in [0.2, 0.25) is 10.0 Å². The van der Waals surface area contributed by atoms with Crippen LogP contribution in [0.2, 0.25) is 0 Å². The second kappa shape index (κ2) is 7.54. The topological polar surface area (TPSA) is 58.2 Å². The number of nitrogens with one attached hydrogen (secondary N) is 2. The third-order valence-corrected chi connectivity index (χ3v) is 6.66. The van der Waals surface area contributed by atoms with E-state index in [0.717, 1.165) is 44.3 Å². The molecule has 0 atom stereocenters. The van der Waals surface area contributed by atoms with Gasteiger partial charge in [0.25, 0.3) is 0 Å². The highest BCUT2D eigenvalue weighted by molar-refractivity contribution is 7.91. The standard InChI is InChI=1S/C14H24N2O2S2/c1-2-15-10-12-9-14(19-11-12)20(17,18)16-13-7-5-3-4-6-8-13/h9,11,13,15-16H,2-8,10H2,1H3. The Hall–Kier alpha value is -0.430. The van der Waals surface area contributed by atoms with Crippen molar-refractivity contribution in [1.82, 2.24) is 10.0 Å². The maximum absolute atomic E-state index is 12.4. The highest BCUT2D eigenvalue weighted by Gasteiger charge is 2.22. The molecular formula is C14H24N2O2S2. The second-order valence-corrected chi connectivity index (χ2v) is 8.22. The Morgan fingerprint density at radius 3 is 2.60 bits per heavy atom. The summed E-state index contributed by atoms with van der Waals surface area (Å²) >= 11 is 1.31. The smallest absolute Gasteiger partial charge is 0.250 e. The Kier molecular flexibility index (Phi) is 6.01. The molecule has 4 nitrogen and oxygen atoms in total. The molecular weight excluding hydrogens is 292 g/mol. The van der Waals surface area contributed by atoms with Gasteiger partial charge in [0.15, 0.2) is 0 Å². The number of hydrogen-bond donors (Lipinski definition) is 2. The normalized spacial score (nSPS) is 18.1. The predicted octanol–water partition coefficient (Wildman–Crippen LogP) is 2.86. The van der Waals surface area contributed by atoms with Crippen LogP contribution in [0.25, 0.3) is 0 Å². The van der Waals surface area contributed by atoms with Gasteiger partial charge in [0.05, 0.1) is 0 Å². The van der Waals surface area contributed by atoms with E-state index in [-0.39, 0.29) is 6.04 Å². The maximum atomic E-state index is 12.4. The fourth-order valence-corrected chi connectivity index (χ4v) is 5.06. The van der Waals surface area contributed by atoms with E-state index in [1.165, 1.54) is 24.2 Å². The van der Waals surface area contributed by atoms with Crippen LogP contribution in [0.5, 0.6) is 0 Å². The zero-order valence-electron chi connectivity index (χ0n) is 12.0. The fourth-order valence-electron chi connectivity index (χ4n) is 2.53. The van der Waals surface area contributed by atoms with E-state index < -0.39 is 10.0 Å². The molecule has 0 unspecified atom stereocenters. The van der Waals surface area contributed by atoms with E-state index in [4.69, 9.17) is 0 Å². The van der Waals surface area contributed by atoms with Gasteiger partial charge in [-0.25, -0.2) is 13.1 Å². The van der Waals surface area contributed by atoms with Crippen molar-refractivity contribution >= 4 is 21.4 Å². The second-order valence-electron chi connectivity index (χ2n) is 5.36. The molecule has 1 aromatic rings. The van der Waals surface area contributed by atoms with E-state index in [2.05, 4.69) is 10.0 Å². The molecule has 1 fully saturated rings. The van der Waals surface area contributed by atoms with Crippen molar-refractivity contribution in [1.29, 1.82) is 0 Å². The summed E-state index contributed by atoms with van der Waals surface area (Å²) in [6, 6.07) is 1.90. The molecule has 0 saturated heterocycles. The summed E-state index contributed by atoms with van der Waals surface area (Å²) < 4.78 is 28.1. The molecule has 6 heteroatoms. The molecule has 0 aliphatic heterocycles. The van der Waals surface area contributed by atoms with E-state index in [0.29, 0.717) is 4.21 Å². The maximum Gasteiger partial charge on any atom is 0.250 e. The molecule has 1 heterocycles. The van der Waals surface area contributed by atoms with Crippen molar-refractivity contribution in [3.63, 3.8) is 0 Å². The van der Waals surface area contributed by atoms with Gasteiger partial charge in [0, 0.05) is 12.6 Å².